The highest BCUT2D eigenvalue weighted by Gasteiger charge is 2.19. The Labute approximate surface area is 112 Å². The van der Waals surface area contributed by atoms with Gasteiger partial charge < -0.3 is 9.42 Å². The molecule has 2 N–H and O–H groups in total. The van der Waals surface area contributed by atoms with Gasteiger partial charge in [-0.1, -0.05) is 23.9 Å². The van der Waals surface area contributed by atoms with E-state index < -0.39 is 6.49 Å². The SMILES string of the molecule is CC=C=C(NOCC)OP(O)(=S)c1ccccc1. The van der Waals surface area contributed by atoms with E-state index in [0.29, 0.717) is 11.9 Å². The van der Waals surface area contributed by atoms with Gasteiger partial charge in [-0.15, -0.1) is 0 Å². The van der Waals surface area contributed by atoms with E-state index in [0.717, 1.165) is 0 Å². The van der Waals surface area contributed by atoms with E-state index in [4.69, 9.17) is 21.2 Å². The van der Waals surface area contributed by atoms with Crippen LogP contribution >= 0.6 is 6.49 Å². The van der Waals surface area contributed by atoms with E-state index >= 15 is 0 Å². The second-order valence-electron chi connectivity index (χ2n) is 3.24. The lowest BCUT2D eigenvalue weighted by atomic mass is 10.4. The van der Waals surface area contributed by atoms with Gasteiger partial charge in [0, 0.05) is 5.30 Å². The molecule has 0 aliphatic rings. The van der Waals surface area contributed by atoms with Crippen molar-refractivity contribution in [3.63, 3.8) is 0 Å². The van der Waals surface area contributed by atoms with Crippen LogP contribution < -0.4 is 10.8 Å². The molecule has 0 heterocycles. The standard InChI is InChI=1S/C12H16NO3PS/c1-3-8-12(13-15-4-2)16-17(14,18)11-9-6-5-7-10-11/h3,5-7,9-10,13H,4H2,1-2H3,(H,14,18). The van der Waals surface area contributed by atoms with Crippen LogP contribution in [-0.2, 0) is 21.2 Å². The molecular formula is C12H16NO3PS. The molecule has 0 saturated carbocycles. The maximum atomic E-state index is 10.2. The smallest absolute Gasteiger partial charge is 0.268 e. The van der Waals surface area contributed by atoms with Gasteiger partial charge in [-0.3, -0.25) is 4.84 Å². The molecule has 1 atom stereocenters. The van der Waals surface area contributed by atoms with Crippen molar-refractivity contribution in [2.45, 2.75) is 13.8 Å². The molecule has 0 radical (unpaired) electrons. The second kappa shape index (κ2) is 7.37. The van der Waals surface area contributed by atoms with Crippen LogP contribution in [0, 0.1) is 0 Å². The normalized spacial score (nSPS) is 13.1. The van der Waals surface area contributed by atoms with Gasteiger partial charge in [-0.25, -0.2) is 5.48 Å². The Morgan fingerprint density at radius 3 is 2.72 bits per heavy atom. The quantitative estimate of drug-likeness (QED) is 0.363. The zero-order chi connectivity index (χ0) is 13.4. The van der Waals surface area contributed by atoms with Crippen molar-refractivity contribution in [3.8, 4) is 0 Å². The molecule has 4 nitrogen and oxygen atoms in total. The maximum absolute atomic E-state index is 10.2. The zero-order valence-corrected chi connectivity index (χ0v) is 12.0. The zero-order valence-electron chi connectivity index (χ0n) is 10.3. The van der Waals surface area contributed by atoms with Gasteiger partial charge in [0.2, 0.25) is 0 Å². The van der Waals surface area contributed by atoms with Crippen LogP contribution in [0.3, 0.4) is 0 Å². The fraction of sp³-hybridized carbons (Fsp3) is 0.250. The molecule has 0 aromatic heterocycles. The Balaban J connectivity index is 2.87. The third-order valence-corrected chi connectivity index (χ3v) is 4.12. The first kappa shape index (κ1) is 15.0. The molecule has 98 valence electrons. The third kappa shape index (κ3) is 4.65. The summed E-state index contributed by atoms with van der Waals surface area (Å²) in [5.74, 6) is 0.175. The third-order valence-electron chi connectivity index (χ3n) is 1.88. The first-order valence-corrected chi connectivity index (χ1v) is 8.14. The van der Waals surface area contributed by atoms with Gasteiger partial charge in [-0.05, 0) is 43.9 Å². The Morgan fingerprint density at radius 1 is 1.50 bits per heavy atom. The molecule has 1 aromatic carbocycles. The molecule has 1 unspecified atom stereocenters. The number of nitrogens with one attached hydrogen (secondary N) is 1. The van der Waals surface area contributed by atoms with Gasteiger partial charge in [0.15, 0.2) is 0 Å². The summed E-state index contributed by atoms with van der Waals surface area (Å²) in [5.41, 5.74) is 5.33. The maximum Gasteiger partial charge on any atom is 0.268 e. The van der Waals surface area contributed by atoms with Crippen molar-refractivity contribution in [1.82, 2.24) is 5.48 Å². The molecule has 0 aliphatic heterocycles. The summed E-state index contributed by atoms with van der Waals surface area (Å²) in [6, 6.07) is 8.90. The highest BCUT2D eigenvalue weighted by atomic mass is 32.5. The van der Waals surface area contributed by atoms with Crippen molar-refractivity contribution >= 4 is 23.6 Å². The van der Waals surface area contributed by atoms with E-state index in [9.17, 15) is 4.89 Å². The van der Waals surface area contributed by atoms with Crippen LogP contribution in [0.2, 0.25) is 0 Å². The number of rotatable bonds is 6. The van der Waals surface area contributed by atoms with E-state index in [-0.39, 0.29) is 5.88 Å². The molecule has 1 aromatic rings. The molecule has 0 amide bonds. The summed E-state index contributed by atoms with van der Waals surface area (Å²) in [5, 5.41) is 0.578. The predicted molar refractivity (Wildman–Crippen MR) is 75.7 cm³/mol. The van der Waals surface area contributed by atoms with Gasteiger partial charge in [0.05, 0.1) is 6.61 Å². The number of hydrogen-bond donors (Lipinski definition) is 2. The summed E-state index contributed by atoms with van der Waals surface area (Å²) in [6.45, 7) is 0.961. The van der Waals surface area contributed by atoms with Crippen molar-refractivity contribution in [1.29, 1.82) is 0 Å². The van der Waals surface area contributed by atoms with Crippen LogP contribution in [0.15, 0.2) is 48.0 Å². The minimum Gasteiger partial charge on any atom is -0.415 e. The average Bonchev–Trinajstić information content (AvgIpc) is 2.37. The molecule has 18 heavy (non-hydrogen) atoms. The summed E-state index contributed by atoms with van der Waals surface area (Å²) < 4.78 is 5.39. The first-order valence-electron chi connectivity index (χ1n) is 5.47. The molecule has 0 bridgehead atoms. The lowest BCUT2D eigenvalue weighted by molar-refractivity contribution is 0.0474. The number of benzene rings is 1. The summed E-state index contributed by atoms with van der Waals surface area (Å²) in [6.07, 6.45) is 1.64. The Morgan fingerprint density at radius 2 is 2.17 bits per heavy atom. The molecule has 0 aliphatic carbocycles. The molecule has 0 fully saturated rings. The monoisotopic (exact) mass is 285 g/mol. The second-order valence-corrected chi connectivity index (χ2v) is 6.47. The molecule has 6 heteroatoms. The molecular weight excluding hydrogens is 269 g/mol. The van der Waals surface area contributed by atoms with E-state index in [1.165, 1.54) is 0 Å². The van der Waals surface area contributed by atoms with E-state index in [1.54, 1.807) is 37.3 Å². The topological polar surface area (TPSA) is 50.7 Å². The summed E-state index contributed by atoms with van der Waals surface area (Å²) in [4.78, 5) is 15.2. The molecule has 0 spiro atoms. The highest BCUT2D eigenvalue weighted by molar-refractivity contribution is 8.13. The summed E-state index contributed by atoms with van der Waals surface area (Å²) in [7, 11) is 0. The fourth-order valence-corrected chi connectivity index (χ4v) is 2.72. The summed E-state index contributed by atoms with van der Waals surface area (Å²) >= 11 is 5.12. The largest absolute Gasteiger partial charge is 0.415 e. The van der Waals surface area contributed by atoms with Gasteiger partial charge in [0.25, 0.3) is 12.4 Å². The van der Waals surface area contributed by atoms with Crippen molar-refractivity contribution < 1.29 is 14.3 Å². The Kier molecular flexibility index (Phi) is 6.13. The Bertz CT molecular complexity index is 483. The fourth-order valence-electron chi connectivity index (χ4n) is 1.14. The Hall–Kier alpha value is -1.09. The van der Waals surface area contributed by atoms with Gasteiger partial charge in [0.1, 0.15) is 0 Å². The number of hydroxylamine groups is 1. The lowest BCUT2D eigenvalue weighted by Gasteiger charge is -2.18. The molecule has 1 rings (SSSR count). The van der Waals surface area contributed by atoms with Gasteiger partial charge >= 0.3 is 0 Å². The van der Waals surface area contributed by atoms with Crippen molar-refractivity contribution in [3.05, 3.63) is 48.0 Å². The van der Waals surface area contributed by atoms with Crippen LogP contribution in [0.5, 0.6) is 0 Å². The van der Waals surface area contributed by atoms with Crippen LogP contribution in [-0.4, -0.2) is 11.5 Å². The van der Waals surface area contributed by atoms with E-state index in [1.807, 2.05) is 13.0 Å². The lowest BCUT2D eigenvalue weighted by Crippen LogP contribution is -2.17. The number of allylic oxidation sites excluding steroid dienone is 1. The van der Waals surface area contributed by atoms with Crippen LogP contribution in [0.25, 0.3) is 0 Å². The minimum atomic E-state index is -3.10. The van der Waals surface area contributed by atoms with E-state index in [2.05, 4.69) is 11.2 Å². The van der Waals surface area contributed by atoms with Crippen molar-refractivity contribution in [2.24, 2.45) is 0 Å². The minimum absolute atomic E-state index is 0.175. The van der Waals surface area contributed by atoms with Crippen LogP contribution in [0.4, 0.5) is 0 Å². The average molecular weight is 285 g/mol. The number of hydrogen-bond acceptors (Lipinski definition) is 4. The first-order chi connectivity index (χ1) is 8.60. The molecule has 0 saturated heterocycles. The van der Waals surface area contributed by atoms with Crippen molar-refractivity contribution in [2.75, 3.05) is 6.61 Å². The van der Waals surface area contributed by atoms with Crippen LogP contribution in [0.1, 0.15) is 13.8 Å². The van der Waals surface area contributed by atoms with Gasteiger partial charge in [-0.2, -0.15) is 0 Å². The highest BCUT2D eigenvalue weighted by Crippen LogP contribution is 2.42. The predicted octanol–water partition coefficient (Wildman–Crippen LogP) is 2.19.